The van der Waals surface area contributed by atoms with E-state index in [-0.39, 0.29) is 12.2 Å². The fourth-order valence-electron chi connectivity index (χ4n) is 1.86. The number of benzene rings is 1. The van der Waals surface area contributed by atoms with E-state index in [0.29, 0.717) is 22.8 Å². The number of nitro groups is 1. The first-order valence-electron chi connectivity index (χ1n) is 5.39. The van der Waals surface area contributed by atoms with Gasteiger partial charge in [-0.25, -0.2) is 0 Å². The zero-order chi connectivity index (χ0) is 13.3. The van der Waals surface area contributed by atoms with Crippen molar-refractivity contribution in [3.8, 4) is 11.4 Å². The first-order valence-corrected chi connectivity index (χ1v) is 5.39. The Hall–Kier alpha value is -2.28. The summed E-state index contributed by atoms with van der Waals surface area (Å²) >= 11 is 0. The third-order valence-electron chi connectivity index (χ3n) is 2.81. The van der Waals surface area contributed by atoms with Gasteiger partial charge in [0, 0.05) is 12.6 Å². The molecule has 0 atom stereocenters. The van der Waals surface area contributed by atoms with Crippen LogP contribution in [0.4, 0.5) is 5.69 Å². The lowest BCUT2D eigenvalue weighted by atomic mass is 10.1. The Bertz CT molecular complexity index is 605. The molecular formula is C11H13N5O2. The number of rotatable bonds is 3. The van der Waals surface area contributed by atoms with E-state index in [1.54, 1.807) is 36.7 Å². The highest BCUT2D eigenvalue weighted by Crippen LogP contribution is 2.31. The van der Waals surface area contributed by atoms with Crippen LogP contribution in [0.1, 0.15) is 11.4 Å². The first kappa shape index (κ1) is 12.2. The Morgan fingerprint density at radius 3 is 2.72 bits per heavy atom. The molecule has 0 radical (unpaired) electrons. The SMILES string of the molecule is Cc1cccc(-c2nnc(CN)n2C)c1[N+](=O)[O-]. The van der Waals surface area contributed by atoms with Crippen molar-refractivity contribution >= 4 is 5.69 Å². The minimum Gasteiger partial charge on any atom is -0.324 e. The van der Waals surface area contributed by atoms with Gasteiger partial charge < -0.3 is 10.3 Å². The molecule has 94 valence electrons. The lowest BCUT2D eigenvalue weighted by Gasteiger charge is -2.05. The Kier molecular flexibility index (Phi) is 3.07. The zero-order valence-electron chi connectivity index (χ0n) is 10.1. The summed E-state index contributed by atoms with van der Waals surface area (Å²) in [5.41, 5.74) is 6.61. The number of nitro benzene ring substituents is 1. The van der Waals surface area contributed by atoms with Gasteiger partial charge in [0.1, 0.15) is 5.82 Å². The second kappa shape index (κ2) is 4.53. The quantitative estimate of drug-likeness (QED) is 0.648. The molecule has 2 aromatic rings. The van der Waals surface area contributed by atoms with E-state index in [0.717, 1.165) is 0 Å². The molecule has 0 saturated heterocycles. The highest BCUT2D eigenvalue weighted by Gasteiger charge is 2.22. The van der Waals surface area contributed by atoms with Crippen molar-refractivity contribution in [2.24, 2.45) is 12.8 Å². The van der Waals surface area contributed by atoms with Crippen LogP contribution in [0.2, 0.25) is 0 Å². The summed E-state index contributed by atoms with van der Waals surface area (Å²) in [5.74, 6) is 1.03. The van der Waals surface area contributed by atoms with Crippen molar-refractivity contribution in [3.05, 3.63) is 39.7 Å². The third kappa shape index (κ3) is 1.84. The molecule has 0 aliphatic rings. The van der Waals surface area contributed by atoms with Gasteiger partial charge in [-0.05, 0) is 13.0 Å². The van der Waals surface area contributed by atoms with Crippen molar-refractivity contribution in [1.29, 1.82) is 0 Å². The maximum absolute atomic E-state index is 11.1. The fraction of sp³-hybridized carbons (Fsp3) is 0.273. The summed E-state index contributed by atoms with van der Waals surface area (Å²) in [6, 6.07) is 5.12. The average Bonchev–Trinajstić information content (AvgIpc) is 2.69. The van der Waals surface area contributed by atoms with Crippen LogP contribution in [0, 0.1) is 17.0 Å². The largest absolute Gasteiger partial charge is 0.324 e. The summed E-state index contributed by atoms with van der Waals surface area (Å²) < 4.78 is 1.67. The van der Waals surface area contributed by atoms with Gasteiger partial charge in [-0.1, -0.05) is 12.1 Å². The zero-order valence-corrected chi connectivity index (χ0v) is 10.1. The molecule has 1 heterocycles. The predicted molar refractivity (Wildman–Crippen MR) is 65.7 cm³/mol. The molecule has 1 aromatic heterocycles. The van der Waals surface area contributed by atoms with Crippen molar-refractivity contribution in [2.75, 3.05) is 0 Å². The molecule has 0 bridgehead atoms. The highest BCUT2D eigenvalue weighted by molar-refractivity contribution is 5.70. The van der Waals surface area contributed by atoms with Crippen molar-refractivity contribution in [1.82, 2.24) is 14.8 Å². The number of para-hydroxylation sites is 1. The van der Waals surface area contributed by atoms with Gasteiger partial charge >= 0.3 is 0 Å². The maximum atomic E-state index is 11.1. The number of nitrogens with zero attached hydrogens (tertiary/aromatic N) is 4. The van der Waals surface area contributed by atoms with Gasteiger partial charge in [-0.15, -0.1) is 10.2 Å². The monoisotopic (exact) mass is 247 g/mol. The average molecular weight is 247 g/mol. The fourth-order valence-corrected chi connectivity index (χ4v) is 1.86. The van der Waals surface area contributed by atoms with E-state index < -0.39 is 4.92 Å². The Balaban J connectivity index is 2.67. The van der Waals surface area contributed by atoms with Crippen molar-refractivity contribution < 1.29 is 4.92 Å². The van der Waals surface area contributed by atoms with Crippen molar-refractivity contribution in [2.45, 2.75) is 13.5 Å². The first-order chi connectivity index (χ1) is 8.56. The number of hydrogen-bond acceptors (Lipinski definition) is 5. The molecule has 2 rings (SSSR count). The molecule has 0 fully saturated rings. The maximum Gasteiger partial charge on any atom is 0.283 e. The Labute approximate surface area is 103 Å². The highest BCUT2D eigenvalue weighted by atomic mass is 16.6. The summed E-state index contributed by atoms with van der Waals surface area (Å²) in [4.78, 5) is 10.7. The molecule has 7 nitrogen and oxygen atoms in total. The second-order valence-electron chi connectivity index (χ2n) is 3.93. The van der Waals surface area contributed by atoms with E-state index in [2.05, 4.69) is 10.2 Å². The molecule has 0 amide bonds. The Morgan fingerprint density at radius 1 is 1.44 bits per heavy atom. The molecule has 7 heteroatoms. The third-order valence-corrected chi connectivity index (χ3v) is 2.81. The van der Waals surface area contributed by atoms with Crippen LogP contribution < -0.4 is 5.73 Å². The lowest BCUT2D eigenvalue weighted by molar-refractivity contribution is -0.384. The molecule has 0 saturated carbocycles. The van der Waals surface area contributed by atoms with E-state index in [1.807, 2.05) is 0 Å². The number of hydrogen-bond donors (Lipinski definition) is 1. The number of nitrogens with two attached hydrogens (primary N) is 1. The van der Waals surface area contributed by atoms with Gasteiger partial charge in [-0.2, -0.15) is 0 Å². The summed E-state index contributed by atoms with van der Waals surface area (Å²) in [7, 11) is 1.74. The molecule has 0 spiro atoms. The minimum atomic E-state index is -0.401. The standard InChI is InChI=1S/C11H13N5O2/c1-7-4-3-5-8(10(7)16(17)18)11-14-13-9(6-12)15(11)2/h3-5H,6,12H2,1-2H3. The Morgan fingerprint density at radius 2 is 2.17 bits per heavy atom. The van der Waals surface area contributed by atoms with Crippen molar-refractivity contribution in [3.63, 3.8) is 0 Å². The lowest BCUT2D eigenvalue weighted by Crippen LogP contribution is -2.06. The van der Waals surface area contributed by atoms with Crippen LogP contribution in [-0.4, -0.2) is 19.7 Å². The summed E-state index contributed by atoms with van der Waals surface area (Å²) in [6.07, 6.45) is 0. The molecule has 0 aliphatic heterocycles. The normalized spacial score (nSPS) is 10.6. The van der Waals surface area contributed by atoms with E-state index in [4.69, 9.17) is 5.73 Å². The summed E-state index contributed by atoms with van der Waals surface area (Å²) in [6.45, 7) is 1.94. The predicted octanol–water partition coefficient (Wildman–Crippen LogP) is 1.16. The van der Waals surface area contributed by atoms with Crippen LogP contribution in [0.5, 0.6) is 0 Å². The molecule has 18 heavy (non-hydrogen) atoms. The van der Waals surface area contributed by atoms with Crippen LogP contribution >= 0.6 is 0 Å². The van der Waals surface area contributed by atoms with Crippen LogP contribution in [0.25, 0.3) is 11.4 Å². The molecule has 2 N–H and O–H groups in total. The van der Waals surface area contributed by atoms with Gasteiger partial charge in [0.2, 0.25) is 0 Å². The van der Waals surface area contributed by atoms with Crippen LogP contribution in [0.3, 0.4) is 0 Å². The van der Waals surface area contributed by atoms with Gasteiger partial charge in [-0.3, -0.25) is 10.1 Å². The van der Waals surface area contributed by atoms with Gasteiger partial charge in [0.25, 0.3) is 5.69 Å². The number of aromatic nitrogens is 3. The molecule has 0 unspecified atom stereocenters. The van der Waals surface area contributed by atoms with E-state index in [1.165, 1.54) is 0 Å². The van der Waals surface area contributed by atoms with Gasteiger partial charge in [0.15, 0.2) is 5.82 Å². The second-order valence-corrected chi connectivity index (χ2v) is 3.93. The molecular weight excluding hydrogens is 234 g/mol. The van der Waals surface area contributed by atoms with Gasteiger partial charge in [0.05, 0.1) is 17.0 Å². The van der Waals surface area contributed by atoms with E-state index >= 15 is 0 Å². The topological polar surface area (TPSA) is 99.9 Å². The minimum absolute atomic E-state index is 0.0524. The molecule has 1 aromatic carbocycles. The molecule has 0 aliphatic carbocycles. The number of aryl methyl sites for hydroxylation is 1. The van der Waals surface area contributed by atoms with Crippen LogP contribution in [0.15, 0.2) is 18.2 Å². The van der Waals surface area contributed by atoms with Crippen LogP contribution in [-0.2, 0) is 13.6 Å². The van der Waals surface area contributed by atoms with E-state index in [9.17, 15) is 10.1 Å². The smallest absolute Gasteiger partial charge is 0.283 e. The summed E-state index contributed by atoms with van der Waals surface area (Å²) in [5, 5.41) is 19.0.